The lowest BCUT2D eigenvalue weighted by Gasteiger charge is -2.15. The molecule has 0 N–H and O–H groups in total. The minimum atomic E-state index is 0.0214. The number of carbonyl (C=O) groups is 1. The van der Waals surface area contributed by atoms with E-state index in [0.717, 1.165) is 23.7 Å². The summed E-state index contributed by atoms with van der Waals surface area (Å²) < 4.78 is 0. The van der Waals surface area contributed by atoms with Crippen molar-refractivity contribution in [3.8, 4) is 0 Å². The van der Waals surface area contributed by atoms with Crippen LogP contribution in [-0.4, -0.2) is 17.4 Å². The molecule has 2 heterocycles. The average molecular weight is 272 g/mol. The molecule has 0 aliphatic carbocycles. The molecule has 0 atom stereocenters. The molecule has 1 aromatic carbocycles. The smallest absolute Gasteiger partial charge is 0.277 e. The molecule has 1 aromatic heterocycles. The Morgan fingerprint density at radius 1 is 1.37 bits per heavy atom. The first-order valence-electron chi connectivity index (χ1n) is 6.52. The van der Waals surface area contributed by atoms with Gasteiger partial charge in [0.15, 0.2) is 0 Å². The number of carbonyl (C=O) groups excluding carboxylic acids is 1. The van der Waals surface area contributed by atoms with Crippen LogP contribution in [0.4, 0.5) is 5.69 Å². The molecular weight excluding hydrogens is 256 g/mol. The molecular formula is C15H16N2OS. The Hall–Kier alpha value is -1.68. The number of anilines is 1. The van der Waals surface area contributed by atoms with Gasteiger partial charge in [-0.15, -0.1) is 11.3 Å². The fourth-order valence-corrected chi connectivity index (χ4v) is 3.15. The van der Waals surface area contributed by atoms with E-state index in [2.05, 4.69) is 24.9 Å². The van der Waals surface area contributed by atoms with Gasteiger partial charge in [0.05, 0.1) is 5.01 Å². The van der Waals surface area contributed by atoms with E-state index in [1.807, 2.05) is 28.5 Å². The predicted octanol–water partition coefficient (Wildman–Crippen LogP) is 3.47. The third kappa shape index (κ3) is 2.16. The van der Waals surface area contributed by atoms with Crippen molar-refractivity contribution in [3.63, 3.8) is 0 Å². The highest BCUT2D eigenvalue weighted by atomic mass is 32.1. The largest absolute Gasteiger partial charge is 0.306 e. The van der Waals surface area contributed by atoms with E-state index in [1.54, 1.807) is 11.3 Å². The second-order valence-electron chi connectivity index (χ2n) is 5.06. The number of aromatic nitrogens is 1. The average Bonchev–Trinajstić information content (AvgIpc) is 3.05. The monoisotopic (exact) mass is 272 g/mol. The molecule has 0 bridgehead atoms. The molecule has 0 fully saturated rings. The van der Waals surface area contributed by atoms with Gasteiger partial charge >= 0.3 is 0 Å². The number of rotatable bonds is 2. The van der Waals surface area contributed by atoms with E-state index in [-0.39, 0.29) is 5.91 Å². The maximum Gasteiger partial charge on any atom is 0.277 e. The highest BCUT2D eigenvalue weighted by Gasteiger charge is 2.26. The Bertz CT molecular complexity index is 618. The third-order valence-corrected chi connectivity index (χ3v) is 4.51. The zero-order valence-corrected chi connectivity index (χ0v) is 11.9. The molecule has 1 amide bonds. The van der Waals surface area contributed by atoms with Crippen molar-refractivity contribution in [2.75, 3.05) is 11.4 Å². The zero-order valence-electron chi connectivity index (χ0n) is 11.1. The van der Waals surface area contributed by atoms with Gasteiger partial charge in [-0.05, 0) is 18.1 Å². The van der Waals surface area contributed by atoms with E-state index < -0.39 is 0 Å². The number of nitrogens with zero attached hydrogens (tertiary/aromatic N) is 2. The molecule has 3 rings (SSSR count). The second kappa shape index (κ2) is 4.78. The van der Waals surface area contributed by atoms with Crippen LogP contribution in [-0.2, 0) is 6.42 Å². The summed E-state index contributed by atoms with van der Waals surface area (Å²) in [6.45, 7) is 4.95. The molecule has 1 aliphatic rings. The van der Waals surface area contributed by atoms with E-state index in [4.69, 9.17) is 0 Å². The van der Waals surface area contributed by atoms with E-state index >= 15 is 0 Å². The van der Waals surface area contributed by atoms with Gasteiger partial charge in [0.1, 0.15) is 5.69 Å². The first kappa shape index (κ1) is 12.4. The molecule has 0 unspecified atom stereocenters. The van der Waals surface area contributed by atoms with Gasteiger partial charge in [0.2, 0.25) is 0 Å². The number of thiazole rings is 1. The van der Waals surface area contributed by atoms with Crippen LogP contribution >= 0.6 is 11.3 Å². The summed E-state index contributed by atoms with van der Waals surface area (Å²) in [7, 11) is 0. The summed E-state index contributed by atoms with van der Waals surface area (Å²) in [6, 6.07) is 8.09. The Balaban J connectivity index is 1.89. The van der Waals surface area contributed by atoms with Crippen molar-refractivity contribution >= 4 is 22.9 Å². The lowest BCUT2D eigenvalue weighted by atomic mass is 10.2. The van der Waals surface area contributed by atoms with Crippen molar-refractivity contribution in [1.29, 1.82) is 0 Å². The van der Waals surface area contributed by atoms with Crippen LogP contribution in [0.25, 0.3) is 0 Å². The molecule has 0 spiro atoms. The van der Waals surface area contributed by atoms with Crippen molar-refractivity contribution in [1.82, 2.24) is 4.98 Å². The summed E-state index contributed by atoms with van der Waals surface area (Å²) in [5.41, 5.74) is 2.85. The first-order valence-corrected chi connectivity index (χ1v) is 7.40. The molecule has 2 aromatic rings. The third-order valence-electron chi connectivity index (χ3n) is 3.37. The Kier molecular flexibility index (Phi) is 3.11. The number of hydrogen-bond donors (Lipinski definition) is 0. The molecule has 0 saturated heterocycles. The Morgan fingerprint density at radius 3 is 2.89 bits per heavy atom. The van der Waals surface area contributed by atoms with E-state index in [0.29, 0.717) is 11.6 Å². The topological polar surface area (TPSA) is 33.2 Å². The highest BCUT2D eigenvalue weighted by Crippen LogP contribution is 2.29. The molecule has 98 valence electrons. The van der Waals surface area contributed by atoms with Crippen LogP contribution in [0.3, 0.4) is 0 Å². The summed E-state index contributed by atoms with van der Waals surface area (Å²) >= 11 is 1.57. The van der Waals surface area contributed by atoms with Gasteiger partial charge in [-0.2, -0.15) is 0 Å². The van der Waals surface area contributed by atoms with Gasteiger partial charge in [-0.25, -0.2) is 4.98 Å². The second-order valence-corrected chi connectivity index (χ2v) is 5.95. The molecule has 1 aliphatic heterocycles. The highest BCUT2D eigenvalue weighted by molar-refractivity contribution is 7.09. The number of fused-ring (bicyclic) bond motifs is 1. The summed E-state index contributed by atoms with van der Waals surface area (Å²) in [5.74, 6) is 0.394. The molecule has 0 saturated carbocycles. The van der Waals surface area contributed by atoms with Crippen molar-refractivity contribution < 1.29 is 4.79 Å². The zero-order chi connectivity index (χ0) is 13.4. The standard InChI is InChI=1S/C15H16N2OS/c1-10(2)14-16-12(9-19-14)15(18)17-8-7-11-5-3-4-6-13(11)17/h3-6,9-10H,7-8H2,1-2H3. The normalized spacial score (nSPS) is 13.9. The summed E-state index contributed by atoms with van der Waals surface area (Å²) in [5, 5.41) is 2.90. The lowest BCUT2D eigenvalue weighted by molar-refractivity contribution is 0.0985. The lowest BCUT2D eigenvalue weighted by Crippen LogP contribution is -2.29. The molecule has 3 nitrogen and oxygen atoms in total. The first-order chi connectivity index (χ1) is 9.16. The van der Waals surface area contributed by atoms with Gasteiger partial charge in [0, 0.05) is 23.5 Å². The SMILES string of the molecule is CC(C)c1nc(C(=O)N2CCc3ccccc32)cs1. The molecule has 19 heavy (non-hydrogen) atoms. The number of benzene rings is 1. The number of para-hydroxylation sites is 1. The Morgan fingerprint density at radius 2 is 2.16 bits per heavy atom. The fraction of sp³-hybridized carbons (Fsp3) is 0.333. The summed E-state index contributed by atoms with van der Waals surface area (Å²) in [6.07, 6.45) is 0.934. The van der Waals surface area contributed by atoms with E-state index in [1.165, 1.54) is 5.56 Å². The van der Waals surface area contributed by atoms with Crippen molar-refractivity contribution in [2.45, 2.75) is 26.2 Å². The van der Waals surface area contributed by atoms with Crippen LogP contribution < -0.4 is 4.90 Å². The predicted molar refractivity (Wildman–Crippen MR) is 78.0 cm³/mol. The van der Waals surface area contributed by atoms with Gasteiger partial charge < -0.3 is 4.90 Å². The minimum Gasteiger partial charge on any atom is -0.306 e. The van der Waals surface area contributed by atoms with Gasteiger partial charge in [0.25, 0.3) is 5.91 Å². The number of hydrogen-bond acceptors (Lipinski definition) is 3. The van der Waals surface area contributed by atoms with Crippen LogP contribution in [0.1, 0.15) is 40.8 Å². The van der Waals surface area contributed by atoms with Crippen LogP contribution in [0.5, 0.6) is 0 Å². The van der Waals surface area contributed by atoms with Crippen LogP contribution in [0, 0.1) is 0 Å². The molecule has 0 radical (unpaired) electrons. The Labute approximate surface area is 116 Å². The number of amides is 1. The van der Waals surface area contributed by atoms with Crippen LogP contribution in [0.2, 0.25) is 0 Å². The van der Waals surface area contributed by atoms with Crippen LogP contribution in [0.15, 0.2) is 29.6 Å². The van der Waals surface area contributed by atoms with Crippen molar-refractivity contribution in [3.05, 3.63) is 45.9 Å². The quantitative estimate of drug-likeness (QED) is 0.838. The summed E-state index contributed by atoms with van der Waals surface area (Å²) in [4.78, 5) is 18.8. The minimum absolute atomic E-state index is 0.0214. The maximum atomic E-state index is 12.5. The molecule has 4 heteroatoms. The van der Waals surface area contributed by atoms with Crippen molar-refractivity contribution in [2.24, 2.45) is 0 Å². The maximum absolute atomic E-state index is 12.5. The van der Waals surface area contributed by atoms with E-state index in [9.17, 15) is 4.79 Å². The van der Waals surface area contributed by atoms with Gasteiger partial charge in [-0.3, -0.25) is 4.79 Å². The van der Waals surface area contributed by atoms with Gasteiger partial charge in [-0.1, -0.05) is 32.0 Å². The fourth-order valence-electron chi connectivity index (χ4n) is 2.34.